The molecular formula is C10H8BrN3O4S2. The zero-order chi connectivity index (χ0) is 14.9. The fourth-order valence-electron chi connectivity index (χ4n) is 1.43. The van der Waals surface area contributed by atoms with Gasteiger partial charge in [-0.3, -0.25) is 14.8 Å². The highest BCUT2D eigenvalue weighted by Gasteiger charge is 2.20. The van der Waals surface area contributed by atoms with Crippen molar-refractivity contribution in [3.05, 3.63) is 43.9 Å². The molecule has 0 spiro atoms. The number of anilines is 1. The third-order valence-electron chi connectivity index (χ3n) is 2.39. The fourth-order valence-corrected chi connectivity index (χ4v) is 3.80. The Morgan fingerprint density at radius 1 is 1.45 bits per heavy atom. The lowest BCUT2D eigenvalue weighted by atomic mass is 10.2. The molecule has 0 saturated heterocycles. The SMILES string of the molecule is Cc1ccc(S(=O)(=O)Nc2ncc(Br)s2)cc1[N+](=O)[O-]. The van der Waals surface area contributed by atoms with Gasteiger partial charge < -0.3 is 0 Å². The monoisotopic (exact) mass is 377 g/mol. The summed E-state index contributed by atoms with van der Waals surface area (Å²) in [5.74, 6) is 0. The Morgan fingerprint density at radius 3 is 2.70 bits per heavy atom. The Kier molecular flexibility index (Phi) is 4.06. The van der Waals surface area contributed by atoms with Gasteiger partial charge in [0.2, 0.25) is 0 Å². The number of halogens is 1. The van der Waals surface area contributed by atoms with Crippen molar-refractivity contribution in [3.63, 3.8) is 0 Å². The van der Waals surface area contributed by atoms with Gasteiger partial charge in [-0.15, -0.1) is 0 Å². The summed E-state index contributed by atoms with van der Waals surface area (Å²) in [6.45, 7) is 1.54. The number of hydrogen-bond donors (Lipinski definition) is 1. The number of aromatic nitrogens is 1. The minimum atomic E-state index is -3.90. The van der Waals surface area contributed by atoms with E-state index < -0.39 is 14.9 Å². The summed E-state index contributed by atoms with van der Waals surface area (Å²) in [4.78, 5) is 13.9. The topological polar surface area (TPSA) is 102 Å². The Hall–Kier alpha value is -1.52. The van der Waals surface area contributed by atoms with Crippen LogP contribution in [0.15, 0.2) is 33.1 Å². The number of rotatable bonds is 4. The van der Waals surface area contributed by atoms with Crippen molar-refractivity contribution in [1.29, 1.82) is 0 Å². The maximum absolute atomic E-state index is 12.1. The zero-order valence-corrected chi connectivity index (χ0v) is 13.3. The molecule has 1 aromatic carbocycles. The van der Waals surface area contributed by atoms with E-state index in [0.29, 0.717) is 9.35 Å². The maximum Gasteiger partial charge on any atom is 0.273 e. The lowest BCUT2D eigenvalue weighted by molar-refractivity contribution is -0.385. The minimum absolute atomic E-state index is 0.180. The van der Waals surface area contributed by atoms with Gasteiger partial charge in [0.05, 0.1) is 19.8 Å². The van der Waals surface area contributed by atoms with Crippen LogP contribution in [0.3, 0.4) is 0 Å². The van der Waals surface area contributed by atoms with Crippen LogP contribution >= 0.6 is 27.3 Å². The van der Waals surface area contributed by atoms with E-state index in [1.807, 2.05) is 0 Å². The lowest BCUT2D eigenvalue weighted by Crippen LogP contribution is -2.13. The third kappa shape index (κ3) is 3.14. The van der Waals surface area contributed by atoms with E-state index in [1.54, 1.807) is 6.92 Å². The van der Waals surface area contributed by atoms with E-state index in [4.69, 9.17) is 0 Å². The van der Waals surface area contributed by atoms with Crippen molar-refractivity contribution in [2.45, 2.75) is 11.8 Å². The summed E-state index contributed by atoms with van der Waals surface area (Å²) in [5, 5.41) is 11.0. The van der Waals surface area contributed by atoms with E-state index in [-0.39, 0.29) is 15.7 Å². The molecule has 0 aliphatic rings. The van der Waals surface area contributed by atoms with E-state index in [0.717, 1.165) is 17.4 Å². The second-order valence-electron chi connectivity index (χ2n) is 3.78. The smallest absolute Gasteiger partial charge is 0.258 e. The van der Waals surface area contributed by atoms with Crippen LogP contribution in [-0.2, 0) is 10.0 Å². The summed E-state index contributed by atoms with van der Waals surface area (Å²) in [6.07, 6.45) is 1.46. The quantitative estimate of drug-likeness (QED) is 0.651. The highest BCUT2D eigenvalue weighted by atomic mass is 79.9. The zero-order valence-electron chi connectivity index (χ0n) is 10.0. The Balaban J connectivity index is 2.39. The molecule has 0 unspecified atom stereocenters. The first-order chi connectivity index (χ1) is 9.29. The Bertz CT molecular complexity index is 773. The van der Waals surface area contributed by atoms with Crippen LogP contribution < -0.4 is 4.72 Å². The number of nitro benzene ring substituents is 1. The van der Waals surface area contributed by atoms with Crippen LogP contribution in [0.2, 0.25) is 0 Å². The molecule has 0 atom stereocenters. The van der Waals surface area contributed by atoms with Crippen molar-refractivity contribution in [1.82, 2.24) is 4.98 Å². The minimum Gasteiger partial charge on any atom is -0.258 e. The number of nitrogens with zero attached hydrogens (tertiary/aromatic N) is 2. The third-order valence-corrected chi connectivity index (χ3v) is 5.24. The van der Waals surface area contributed by atoms with Crippen LogP contribution in [0.25, 0.3) is 0 Å². The van der Waals surface area contributed by atoms with Crippen LogP contribution in [0, 0.1) is 17.0 Å². The number of sulfonamides is 1. The van der Waals surface area contributed by atoms with Gasteiger partial charge in [0.1, 0.15) is 0 Å². The Labute approximate surface area is 127 Å². The van der Waals surface area contributed by atoms with E-state index in [2.05, 4.69) is 25.6 Å². The van der Waals surface area contributed by atoms with Crippen molar-refractivity contribution < 1.29 is 13.3 Å². The van der Waals surface area contributed by atoms with Gasteiger partial charge >= 0.3 is 0 Å². The molecule has 0 saturated carbocycles. The highest BCUT2D eigenvalue weighted by Crippen LogP contribution is 2.27. The molecule has 0 fully saturated rings. The molecule has 20 heavy (non-hydrogen) atoms. The van der Waals surface area contributed by atoms with Crippen molar-refractivity contribution in [2.24, 2.45) is 0 Å². The molecule has 1 N–H and O–H groups in total. The fraction of sp³-hybridized carbons (Fsp3) is 0.100. The van der Waals surface area contributed by atoms with E-state index >= 15 is 0 Å². The summed E-state index contributed by atoms with van der Waals surface area (Å²) < 4.78 is 27.2. The number of aryl methyl sites for hydroxylation is 1. The number of nitro groups is 1. The lowest BCUT2D eigenvalue weighted by Gasteiger charge is -2.05. The van der Waals surface area contributed by atoms with Gasteiger partial charge in [0.15, 0.2) is 5.13 Å². The molecule has 7 nitrogen and oxygen atoms in total. The summed E-state index contributed by atoms with van der Waals surface area (Å²) >= 11 is 4.27. The molecule has 106 valence electrons. The molecule has 2 rings (SSSR count). The predicted octanol–water partition coefficient (Wildman–Crippen LogP) is 2.92. The Morgan fingerprint density at radius 2 is 2.15 bits per heavy atom. The number of hydrogen-bond acceptors (Lipinski definition) is 6. The molecule has 0 radical (unpaired) electrons. The predicted molar refractivity (Wildman–Crippen MR) is 78.5 cm³/mol. The van der Waals surface area contributed by atoms with Gasteiger partial charge in [-0.05, 0) is 28.9 Å². The molecule has 0 bridgehead atoms. The summed E-state index contributed by atoms with van der Waals surface area (Å²) in [5.41, 5.74) is 0.152. The van der Waals surface area contributed by atoms with Gasteiger partial charge in [0.25, 0.3) is 15.7 Å². The standard InChI is InChI=1S/C10H8BrN3O4S2/c1-6-2-3-7(4-8(6)14(15)16)20(17,18)13-10-12-5-9(11)19-10/h2-5H,1H3,(H,12,13). The number of nitrogens with one attached hydrogen (secondary N) is 1. The first kappa shape index (κ1) is 14.9. The van der Waals surface area contributed by atoms with Crippen LogP contribution in [-0.4, -0.2) is 18.3 Å². The molecule has 0 amide bonds. The first-order valence-corrected chi connectivity index (χ1v) is 8.28. The van der Waals surface area contributed by atoms with E-state index in [1.165, 1.54) is 18.3 Å². The second-order valence-corrected chi connectivity index (χ2v) is 7.87. The van der Waals surface area contributed by atoms with Gasteiger partial charge in [-0.25, -0.2) is 13.4 Å². The first-order valence-electron chi connectivity index (χ1n) is 5.19. The molecular weight excluding hydrogens is 370 g/mol. The summed E-state index contributed by atoms with van der Waals surface area (Å²) in [7, 11) is -3.90. The van der Waals surface area contributed by atoms with Crippen LogP contribution in [0.4, 0.5) is 10.8 Å². The molecule has 1 heterocycles. The van der Waals surface area contributed by atoms with Gasteiger partial charge in [-0.2, -0.15) is 0 Å². The largest absolute Gasteiger partial charge is 0.273 e. The molecule has 1 aromatic heterocycles. The maximum atomic E-state index is 12.1. The normalized spacial score (nSPS) is 11.3. The van der Waals surface area contributed by atoms with Crippen molar-refractivity contribution >= 4 is 48.1 Å². The van der Waals surface area contributed by atoms with Crippen molar-refractivity contribution in [3.8, 4) is 0 Å². The molecule has 2 aromatic rings. The molecule has 0 aliphatic heterocycles. The van der Waals surface area contributed by atoms with E-state index in [9.17, 15) is 18.5 Å². The van der Waals surface area contributed by atoms with Gasteiger partial charge in [0, 0.05) is 11.6 Å². The van der Waals surface area contributed by atoms with Crippen molar-refractivity contribution in [2.75, 3.05) is 4.72 Å². The van der Waals surface area contributed by atoms with Gasteiger partial charge in [-0.1, -0.05) is 17.4 Å². The number of thiazole rings is 1. The number of benzene rings is 1. The average molecular weight is 378 g/mol. The molecule has 10 heteroatoms. The second kappa shape index (κ2) is 5.46. The highest BCUT2D eigenvalue weighted by molar-refractivity contribution is 9.11. The molecule has 0 aliphatic carbocycles. The summed E-state index contributed by atoms with van der Waals surface area (Å²) in [6, 6.07) is 3.73. The average Bonchev–Trinajstić information content (AvgIpc) is 2.73. The van der Waals surface area contributed by atoms with Crippen LogP contribution in [0.5, 0.6) is 0 Å². The van der Waals surface area contributed by atoms with Crippen LogP contribution in [0.1, 0.15) is 5.56 Å².